The molecule has 3 rings (SSSR count). The van der Waals surface area contributed by atoms with E-state index in [1.165, 1.54) is 0 Å². The lowest BCUT2D eigenvalue weighted by atomic mass is 10.1. The van der Waals surface area contributed by atoms with E-state index in [4.69, 9.17) is 0 Å². The topological polar surface area (TPSA) is 56.3 Å². The molecule has 0 aliphatic rings. The van der Waals surface area contributed by atoms with Crippen molar-refractivity contribution in [2.24, 2.45) is 0 Å². The van der Waals surface area contributed by atoms with E-state index in [1.807, 2.05) is 31.2 Å². The lowest BCUT2D eigenvalue weighted by Gasteiger charge is -2.27. The zero-order valence-corrected chi connectivity index (χ0v) is 13.8. The molecule has 0 bridgehead atoms. The van der Waals surface area contributed by atoms with Gasteiger partial charge in [0.15, 0.2) is 0 Å². The Morgan fingerprint density at radius 3 is 2.61 bits per heavy atom. The highest BCUT2D eigenvalue weighted by atomic mass is 16.3. The third-order valence-corrected chi connectivity index (χ3v) is 4.01. The second kappa shape index (κ2) is 5.70. The second-order valence-electron chi connectivity index (χ2n) is 6.56. The van der Waals surface area contributed by atoms with Crippen molar-refractivity contribution in [1.82, 2.24) is 9.88 Å². The van der Waals surface area contributed by atoms with E-state index in [-0.39, 0.29) is 5.91 Å². The molecule has 2 aromatic carbocycles. The van der Waals surface area contributed by atoms with Gasteiger partial charge in [-0.2, -0.15) is 0 Å². The quantitative estimate of drug-likeness (QED) is 0.774. The van der Waals surface area contributed by atoms with E-state index in [2.05, 4.69) is 23.2 Å². The molecule has 4 heteroatoms. The SMILES string of the molecule is CCN(CC(C)(C)O)C(=O)c1cc2c(ccc3ccccc32)[nH]1. The number of H-pyrrole nitrogens is 1. The minimum Gasteiger partial charge on any atom is -0.389 e. The Morgan fingerprint density at radius 2 is 1.91 bits per heavy atom. The monoisotopic (exact) mass is 310 g/mol. The smallest absolute Gasteiger partial charge is 0.270 e. The molecule has 3 aromatic rings. The first-order valence-electron chi connectivity index (χ1n) is 7.91. The van der Waals surface area contributed by atoms with Crippen LogP contribution in [-0.4, -0.2) is 39.6 Å². The van der Waals surface area contributed by atoms with Crippen molar-refractivity contribution in [2.75, 3.05) is 13.1 Å². The lowest BCUT2D eigenvalue weighted by molar-refractivity contribution is 0.0312. The Hall–Kier alpha value is -2.33. The molecule has 0 aliphatic heterocycles. The van der Waals surface area contributed by atoms with Crippen LogP contribution < -0.4 is 0 Å². The summed E-state index contributed by atoms with van der Waals surface area (Å²) >= 11 is 0. The van der Waals surface area contributed by atoms with Crippen molar-refractivity contribution in [3.05, 3.63) is 48.2 Å². The first kappa shape index (κ1) is 15.6. The van der Waals surface area contributed by atoms with Crippen LogP contribution in [0.25, 0.3) is 21.7 Å². The van der Waals surface area contributed by atoms with Crippen molar-refractivity contribution in [3.63, 3.8) is 0 Å². The van der Waals surface area contributed by atoms with Gasteiger partial charge < -0.3 is 15.0 Å². The van der Waals surface area contributed by atoms with Crippen LogP contribution in [0.4, 0.5) is 0 Å². The molecule has 0 aliphatic carbocycles. The zero-order valence-electron chi connectivity index (χ0n) is 13.8. The number of benzene rings is 2. The molecular weight excluding hydrogens is 288 g/mol. The lowest BCUT2D eigenvalue weighted by Crippen LogP contribution is -2.42. The summed E-state index contributed by atoms with van der Waals surface area (Å²) in [5, 5.41) is 13.3. The average Bonchev–Trinajstić information content (AvgIpc) is 2.95. The van der Waals surface area contributed by atoms with Crippen LogP contribution in [0.5, 0.6) is 0 Å². The summed E-state index contributed by atoms with van der Waals surface area (Å²) in [5.41, 5.74) is 0.596. The van der Waals surface area contributed by atoms with Gasteiger partial charge in [0, 0.05) is 24.0 Å². The summed E-state index contributed by atoms with van der Waals surface area (Å²) in [6.45, 7) is 6.20. The number of aromatic nitrogens is 1. The van der Waals surface area contributed by atoms with Crippen LogP contribution in [-0.2, 0) is 0 Å². The molecule has 4 nitrogen and oxygen atoms in total. The molecule has 0 saturated heterocycles. The van der Waals surface area contributed by atoms with Crippen molar-refractivity contribution < 1.29 is 9.90 Å². The zero-order chi connectivity index (χ0) is 16.6. The normalized spacial score (nSPS) is 12.0. The van der Waals surface area contributed by atoms with E-state index in [0.717, 1.165) is 21.7 Å². The number of aromatic amines is 1. The van der Waals surface area contributed by atoms with Crippen LogP contribution >= 0.6 is 0 Å². The molecule has 1 aromatic heterocycles. The Labute approximate surface area is 135 Å². The van der Waals surface area contributed by atoms with Gasteiger partial charge in [0.05, 0.1) is 5.60 Å². The number of hydrogen-bond acceptors (Lipinski definition) is 2. The van der Waals surface area contributed by atoms with Gasteiger partial charge in [-0.1, -0.05) is 30.3 Å². The summed E-state index contributed by atoms with van der Waals surface area (Å²) in [6, 6.07) is 14.1. The van der Waals surface area contributed by atoms with E-state index in [9.17, 15) is 9.90 Å². The predicted molar refractivity (Wildman–Crippen MR) is 93.7 cm³/mol. The Morgan fingerprint density at radius 1 is 1.17 bits per heavy atom. The van der Waals surface area contributed by atoms with Crippen LogP contribution in [0.2, 0.25) is 0 Å². The van der Waals surface area contributed by atoms with Crippen LogP contribution in [0, 0.1) is 0 Å². The van der Waals surface area contributed by atoms with Gasteiger partial charge in [0.25, 0.3) is 5.91 Å². The minimum atomic E-state index is -0.912. The van der Waals surface area contributed by atoms with Gasteiger partial charge >= 0.3 is 0 Å². The Kier molecular flexibility index (Phi) is 3.86. The summed E-state index contributed by atoms with van der Waals surface area (Å²) in [4.78, 5) is 17.6. The van der Waals surface area contributed by atoms with Gasteiger partial charge in [0.2, 0.25) is 0 Å². The van der Waals surface area contributed by atoms with Crippen molar-refractivity contribution in [3.8, 4) is 0 Å². The van der Waals surface area contributed by atoms with E-state index >= 15 is 0 Å². The molecule has 120 valence electrons. The first-order chi connectivity index (χ1) is 10.9. The third-order valence-electron chi connectivity index (χ3n) is 4.01. The van der Waals surface area contributed by atoms with Gasteiger partial charge in [-0.15, -0.1) is 0 Å². The van der Waals surface area contributed by atoms with Gasteiger partial charge in [-0.3, -0.25) is 4.79 Å². The van der Waals surface area contributed by atoms with Crippen LogP contribution in [0.15, 0.2) is 42.5 Å². The number of hydrogen-bond donors (Lipinski definition) is 2. The minimum absolute atomic E-state index is 0.0880. The molecule has 23 heavy (non-hydrogen) atoms. The highest BCUT2D eigenvalue weighted by Crippen LogP contribution is 2.26. The molecule has 0 atom stereocenters. The number of nitrogens with zero attached hydrogens (tertiary/aromatic N) is 1. The molecule has 2 N–H and O–H groups in total. The van der Waals surface area contributed by atoms with Gasteiger partial charge in [-0.05, 0) is 43.7 Å². The molecule has 0 fully saturated rings. The number of nitrogens with one attached hydrogen (secondary N) is 1. The van der Waals surface area contributed by atoms with Crippen LogP contribution in [0.3, 0.4) is 0 Å². The highest BCUT2D eigenvalue weighted by Gasteiger charge is 2.23. The summed E-state index contributed by atoms with van der Waals surface area (Å²) in [7, 11) is 0. The number of rotatable bonds is 4. The van der Waals surface area contributed by atoms with Gasteiger partial charge in [0.1, 0.15) is 5.69 Å². The van der Waals surface area contributed by atoms with Gasteiger partial charge in [-0.25, -0.2) is 0 Å². The average molecular weight is 310 g/mol. The maximum Gasteiger partial charge on any atom is 0.270 e. The number of carbonyl (C=O) groups excluding carboxylic acids is 1. The van der Waals surface area contributed by atoms with E-state index in [0.29, 0.717) is 18.8 Å². The van der Waals surface area contributed by atoms with Crippen LogP contribution in [0.1, 0.15) is 31.3 Å². The molecule has 0 spiro atoms. The number of amides is 1. The Balaban J connectivity index is 2.02. The molecule has 0 saturated carbocycles. The predicted octanol–water partition coefficient (Wildman–Crippen LogP) is 3.55. The first-order valence-corrected chi connectivity index (χ1v) is 7.91. The third kappa shape index (κ3) is 3.08. The highest BCUT2D eigenvalue weighted by molar-refractivity contribution is 6.09. The van der Waals surface area contributed by atoms with E-state index < -0.39 is 5.60 Å². The Bertz CT molecular complexity index is 859. The van der Waals surface area contributed by atoms with E-state index in [1.54, 1.807) is 18.7 Å². The molecule has 1 amide bonds. The summed E-state index contributed by atoms with van der Waals surface area (Å²) in [5.74, 6) is -0.0880. The fourth-order valence-corrected chi connectivity index (χ4v) is 2.97. The maximum absolute atomic E-state index is 12.7. The number of carbonyl (C=O) groups is 1. The second-order valence-corrected chi connectivity index (χ2v) is 6.56. The molecular formula is C19H22N2O2. The van der Waals surface area contributed by atoms with Crippen molar-refractivity contribution >= 4 is 27.6 Å². The molecule has 0 unspecified atom stereocenters. The summed E-state index contributed by atoms with van der Waals surface area (Å²) in [6.07, 6.45) is 0. The number of fused-ring (bicyclic) bond motifs is 3. The largest absolute Gasteiger partial charge is 0.389 e. The standard InChI is InChI=1S/C19H22N2O2/c1-4-21(12-19(2,3)23)18(22)17-11-15-14-8-6-5-7-13(14)9-10-16(15)20-17/h5-11,20,23H,4,12H2,1-3H3. The molecule has 1 heterocycles. The summed E-state index contributed by atoms with van der Waals surface area (Å²) < 4.78 is 0. The number of likely N-dealkylation sites (N-methyl/N-ethyl adjacent to an activating group) is 1. The number of aliphatic hydroxyl groups is 1. The fraction of sp³-hybridized carbons (Fsp3) is 0.316. The molecule has 0 radical (unpaired) electrons. The maximum atomic E-state index is 12.7. The van der Waals surface area contributed by atoms with Crippen molar-refractivity contribution in [1.29, 1.82) is 0 Å². The fourth-order valence-electron chi connectivity index (χ4n) is 2.97. The van der Waals surface area contributed by atoms with Crippen molar-refractivity contribution in [2.45, 2.75) is 26.4 Å².